The SMILES string of the molecule is CCOC(=O)[C@H](C)N[PH](O)(OC[C@H]1O[C@@H](c2cnc3c(N)ncnn23)[C@](C)(O)[C@@H]1O)Oc1ccc(Cl)cc1. The van der Waals surface area contributed by atoms with Crippen molar-refractivity contribution in [3.05, 3.63) is 47.5 Å². The summed E-state index contributed by atoms with van der Waals surface area (Å²) in [5.41, 5.74) is 4.62. The van der Waals surface area contributed by atoms with Gasteiger partial charge in [-0.15, -0.1) is 0 Å². The van der Waals surface area contributed by atoms with Crippen molar-refractivity contribution >= 4 is 37.1 Å². The number of ether oxygens (including phenoxy) is 2. The molecule has 0 saturated carbocycles. The Morgan fingerprint density at radius 1 is 1.37 bits per heavy atom. The van der Waals surface area contributed by atoms with E-state index in [2.05, 4.69) is 20.2 Å². The number of esters is 1. The molecule has 16 heteroatoms. The number of carbonyl (C=O) groups excluding carboxylic acids is 1. The van der Waals surface area contributed by atoms with E-state index in [0.29, 0.717) is 10.7 Å². The molecule has 0 spiro atoms. The zero-order valence-corrected chi connectivity index (χ0v) is 22.6. The molecule has 0 amide bonds. The summed E-state index contributed by atoms with van der Waals surface area (Å²) in [6.07, 6.45) is -1.02. The molecule has 1 aliphatic rings. The van der Waals surface area contributed by atoms with Crippen LogP contribution in [-0.4, -0.2) is 77.7 Å². The van der Waals surface area contributed by atoms with E-state index in [-0.39, 0.29) is 23.8 Å². The topological polar surface area (TPSA) is 196 Å². The Kier molecular flexibility index (Phi) is 8.35. The fourth-order valence-corrected chi connectivity index (χ4v) is 5.84. The molecule has 6 N–H and O–H groups in total. The van der Waals surface area contributed by atoms with E-state index in [0.717, 1.165) is 0 Å². The number of aliphatic hydroxyl groups excluding tert-OH is 1. The molecule has 0 bridgehead atoms. The van der Waals surface area contributed by atoms with E-state index in [1.807, 2.05) is 0 Å². The number of nitrogen functional groups attached to an aromatic ring is 1. The third-order valence-electron chi connectivity index (χ3n) is 5.97. The van der Waals surface area contributed by atoms with E-state index in [9.17, 15) is 19.9 Å². The number of hydrogen-bond acceptors (Lipinski definition) is 13. The predicted octanol–water partition coefficient (Wildman–Crippen LogP) is 0.951. The Labute approximate surface area is 223 Å². The van der Waals surface area contributed by atoms with Gasteiger partial charge in [-0.3, -0.25) is 0 Å². The molecular formula is C22H30ClN6O8P. The minimum atomic E-state index is -4.37. The Morgan fingerprint density at radius 3 is 2.76 bits per heavy atom. The van der Waals surface area contributed by atoms with E-state index >= 15 is 0 Å². The molecule has 0 radical (unpaired) electrons. The van der Waals surface area contributed by atoms with E-state index in [1.165, 1.54) is 43.0 Å². The standard InChI is InChI=1S/C22H30ClN6O8P/c1-4-34-21(31)12(2)28-38(33,37-14-7-5-13(23)6-8-14)35-10-16-17(30)22(3,32)18(36-16)15-9-25-20-19(24)26-11-27-29(15)20/h5-9,11-12,16-18,28,30,32-33,38H,4,10H2,1-3H3,(H2,24,26,27)/t12-,16+,17+,18-,22+/m0/s1. The van der Waals surface area contributed by atoms with Crippen LogP contribution in [-0.2, 0) is 18.8 Å². The van der Waals surface area contributed by atoms with Crippen molar-refractivity contribution in [2.45, 2.75) is 50.7 Å². The van der Waals surface area contributed by atoms with Crippen LogP contribution in [0.3, 0.4) is 0 Å². The molecule has 3 aromatic rings. The quantitative estimate of drug-likeness (QED) is 0.170. The molecule has 1 fully saturated rings. The number of hydrogen-bond donors (Lipinski definition) is 5. The number of aromatic nitrogens is 4. The van der Waals surface area contributed by atoms with Gasteiger partial charge >= 0.3 is 223 Å². The zero-order chi connectivity index (χ0) is 27.7. The van der Waals surface area contributed by atoms with Crippen molar-refractivity contribution in [3.8, 4) is 5.75 Å². The molecule has 0 unspecified atom stereocenters. The maximum atomic E-state index is 12.2. The fourth-order valence-electron chi connectivity index (χ4n) is 4.01. The van der Waals surface area contributed by atoms with Gasteiger partial charge < -0.3 is 0 Å². The van der Waals surface area contributed by atoms with Gasteiger partial charge in [-0.05, 0) is 0 Å². The second kappa shape index (κ2) is 11.2. The van der Waals surface area contributed by atoms with E-state index in [4.69, 9.17) is 35.9 Å². The first kappa shape index (κ1) is 28.3. The normalized spacial score (nSPS) is 24.9. The van der Waals surface area contributed by atoms with Gasteiger partial charge in [-0.1, -0.05) is 0 Å². The van der Waals surface area contributed by atoms with Crippen molar-refractivity contribution in [3.63, 3.8) is 0 Å². The van der Waals surface area contributed by atoms with Gasteiger partial charge in [0.1, 0.15) is 0 Å². The molecule has 208 valence electrons. The summed E-state index contributed by atoms with van der Waals surface area (Å²) in [4.78, 5) is 31.6. The average Bonchev–Trinajstić information content (AvgIpc) is 3.39. The van der Waals surface area contributed by atoms with Crippen LogP contribution in [0.1, 0.15) is 32.6 Å². The summed E-state index contributed by atoms with van der Waals surface area (Å²) in [7, 11) is -4.37. The second-order valence-electron chi connectivity index (χ2n) is 8.86. The summed E-state index contributed by atoms with van der Waals surface area (Å²) >= 11 is 5.93. The van der Waals surface area contributed by atoms with Gasteiger partial charge in [0.05, 0.1) is 0 Å². The van der Waals surface area contributed by atoms with Gasteiger partial charge in [0, 0.05) is 0 Å². The van der Waals surface area contributed by atoms with Crippen LogP contribution in [0.2, 0.25) is 5.02 Å². The molecule has 1 aliphatic heterocycles. The summed E-state index contributed by atoms with van der Waals surface area (Å²) < 4.78 is 23.8. The second-order valence-corrected chi connectivity index (χ2v) is 11.2. The van der Waals surface area contributed by atoms with Crippen molar-refractivity contribution in [1.29, 1.82) is 0 Å². The van der Waals surface area contributed by atoms with Crippen LogP contribution in [0.15, 0.2) is 36.8 Å². The zero-order valence-electron chi connectivity index (χ0n) is 20.8. The molecule has 3 heterocycles. The van der Waals surface area contributed by atoms with E-state index in [1.54, 1.807) is 19.1 Å². The number of aliphatic hydroxyl groups is 2. The number of fused-ring (bicyclic) bond motifs is 1. The molecule has 0 aliphatic carbocycles. The fraction of sp³-hybridized carbons (Fsp3) is 0.455. The number of rotatable bonds is 10. The van der Waals surface area contributed by atoms with Crippen LogP contribution in [0, 0.1) is 0 Å². The summed E-state index contributed by atoms with van der Waals surface area (Å²) in [6.45, 7) is 4.24. The third-order valence-corrected chi connectivity index (χ3v) is 8.09. The van der Waals surface area contributed by atoms with E-state index < -0.39 is 50.6 Å². The van der Waals surface area contributed by atoms with Gasteiger partial charge in [-0.25, -0.2) is 0 Å². The minimum absolute atomic E-state index is 0.126. The van der Waals surface area contributed by atoms with Gasteiger partial charge in [-0.2, -0.15) is 0 Å². The number of halogens is 1. The van der Waals surface area contributed by atoms with Crippen LogP contribution in [0.5, 0.6) is 5.75 Å². The van der Waals surface area contributed by atoms with Crippen molar-refractivity contribution in [1.82, 2.24) is 24.7 Å². The molecular weight excluding hydrogens is 543 g/mol. The number of carbonyl (C=O) groups is 1. The number of imidazole rings is 1. The van der Waals surface area contributed by atoms with Crippen LogP contribution < -0.4 is 15.3 Å². The molecule has 1 aromatic carbocycles. The Balaban J connectivity index is 1.54. The Bertz CT molecular complexity index is 1280. The number of benzene rings is 1. The molecule has 5 atom stereocenters. The van der Waals surface area contributed by atoms with Gasteiger partial charge in [0.2, 0.25) is 0 Å². The molecule has 14 nitrogen and oxygen atoms in total. The molecule has 1 saturated heterocycles. The Hall–Kier alpha value is -2.68. The first-order chi connectivity index (χ1) is 17.9. The number of nitrogens with two attached hydrogens (primary N) is 1. The average molecular weight is 573 g/mol. The first-order valence-electron chi connectivity index (χ1n) is 11.7. The van der Waals surface area contributed by atoms with Crippen LogP contribution in [0.4, 0.5) is 5.82 Å². The van der Waals surface area contributed by atoms with Crippen LogP contribution >= 0.6 is 19.7 Å². The van der Waals surface area contributed by atoms with Gasteiger partial charge in [0.15, 0.2) is 0 Å². The van der Waals surface area contributed by atoms with Gasteiger partial charge in [0.25, 0.3) is 0 Å². The van der Waals surface area contributed by atoms with Crippen molar-refractivity contribution < 1.29 is 38.4 Å². The number of anilines is 1. The Morgan fingerprint density at radius 2 is 2.08 bits per heavy atom. The molecule has 4 rings (SSSR count). The molecule has 2 aromatic heterocycles. The molecule has 38 heavy (non-hydrogen) atoms. The number of nitrogens with one attached hydrogen (secondary N) is 1. The summed E-state index contributed by atoms with van der Waals surface area (Å²) in [6, 6.07) is 5.14. The summed E-state index contributed by atoms with van der Waals surface area (Å²) in [5, 5.41) is 29.3. The predicted molar refractivity (Wildman–Crippen MR) is 137 cm³/mol. The maximum absolute atomic E-state index is 12.2. The number of nitrogens with zero attached hydrogens (tertiary/aromatic N) is 4. The third kappa shape index (κ3) is 5.82. The monoisotopic (exact) mass is 572 g/mol. The van der Waals surface area contributed by atoms with Crippen molar-refractivity contribution in [2.24, 2.45) is 0 Å². The van der Waals surface area contributed by atoms with Crippen molar-refractivity contribution in [2.75, 3.05) is 18.9 Å². The summed E-state index contributed by atoms with van der Waals surface area (Å²) in [5.74, 6) is -0.287. The first-order valence-corrected chi connectivity index (χ1v) is 13.8. The van der Waals surface area contributed by atoms with Crippen LogP contribution in [0.25, 0.3) is 5.65 Å².